The summed E-state index contributed by atoms with van der Waals surface area (Å²) >= 11 is 0. The third-order valence-corrected chi connectivity index (χ3v) is 5.83. The summed E-state index contributed by atoms with van der Waals surface area (Å²) in [6, 6.07) is 1.41. The fraction of sp³-hybridized carbons (Fsp3) is 1.00. The SMILES string of the molecule is CCCNC(C)CC(C)N1CCC2(CCCCC2)CC1. The Hall–Kier alpha value is -0.0800. The second-order valence-electron chi connectivity index (χ2n) is 7.54. The maximum atomic E-state index is 3.63. The van der Waals surface area contributed by atoms with Crippen molar-refractivity contribution in [3.8, 4) is 0 Å². The Bertz CT molecular complexity index is 261. The topological polar surface area (TPSA) is 15.3 Å². The van der Waals surface area contributed by atoms with Gasteiger partial charge in [-0.1, -0.05) is 26.2 Å². The van der Waals surface area contributed by atoms with E-state index in [1.807, 2.05) is 0 Å². The minimum absolute atomic E-state index is 0.663. The van der Waals surface area contributed by atoms with Gasteiger partial charge in [-0.15, -0.1) is 0 Å². The highest BCUT2D eigenvalue weighted by Gasteiger charge is 2.36. The smallest absolute Gasteiger partial charge is 0.00816 e. The summed E-state index contributed by atoms with van der Waals surface area (Å²) < 4.78 is 0. The predicted molar refractivity (Wildman–Crippen MR) is 88.2 cm³/mol. The number of nitrogens with zero attached hydrogens (tertiary/aromatic N) is 1. The van der Waals surface area contributed by atoms with Gasteiger partial charge in [0.15, 0.2) is 0 Å². The lowest BCUT2D eigenvalue weighted by molar-refractivity contribution is 0.0451. The molecule has 0 radical (unpaired) electrons. The van der Waals surface area contributed by atoms with Crippen LogP contribution in [0.2, 0.25) is 0 Å². The maximum absolute atomic E-state index is 3.63. The summed E-state index contributed by atoms with van der Waals surface area (Å²) in [4.78, 5) is 2.75. The molecular weight excluding hydrogens is 244 g/mol. The molecule has 1 aliphatic heterocycles. The zero-order valence-electron chi connectivity index (χ0n) is 14.1. The van der Waals surface area contributed by atoms with E-state index in [1.54, 1.807) is 0 Å². The number of piperidine rings is 1. The zero-order valence-corrected chi connectivity index (χ0v) is 14.1. The van der Waals surface area contributed by atoms with Gasteiger partial charge in [0.1, 0.15) is 0 Å². The second kappa shape index (κ2) is 7.79. The standard InChI is InChI=1S/C18H36N2/c1-4-12-19-16(2)15-17(3)20-13-10-18(11-14-20)8-6-5-7-9-18/h16-17,19H,4-15H2,1-3H3. The normalized spacial score (nSPS) is 26.6. The molecule has 2 heteroatoms. The van der Waals surface area contributed by atoms with E-state index in [0.717, 1.165) is 18.0 Å². The van der Waals surface area contributed by atoms with Gasteiger partial charge in [-0.3, -0.25) is 0 Å². The Morgan fingerprint density at radius 1 is 1.00 bits per heavy atom. The molecule has 0 aromatic heterocycles. The van der Waals surface area contributed by atoms with Gasteiger partial charge < -0.3 is 10.2 Å². The minimum atomic E-state index is 0.663. The van der Waals surface area contributed by atoms with Crippen molar-refractivity contribution < 1.29 is 0 Å². The van der Waals surface area contributed by atoms with Crippen molar-refractivity contribution in [2.24, 2.45) is 5.41 Å². The molecule has 1 aliphatic carbocycles. The number of hydrogen-bond donors (Lipinski definition) is 1. The van der Waals surface area contributed by atoms with Crippen LogP contribution in [-0.4, -0.2) is 36.6 Å². The van der Waals surface area contributed by atoms with Crippen molar-refractivity contribution in [3.63, 3.8) is 0 Å². The highest BCUT2D eigenvalue weighted by atomic mass is 15.2. The summed E-state index contributed by atoms with van der Waals surface area (Å²) in [5, 5.41) is 3.63. The van der Waals surface area contributed by atoms with Gasteiger partial charge in [0.05, 0.1) is 0 Å². The first-order chi connectivity index (χ1) is 9.65. The third kappa shape index (κ3) is 4.46. The number of rotatable bonds is 6. The molecule has 1 spiro atoms. The molecule has 2 atom stereocenters. The van der Waals surface area contributed by atoms with E-state index in [2.05, 4.69) is 31.0 Å². The van der Waals surface area contributed by atoms with E-state index in [4.69, 9.17) is 0 Å². The molecule has 0 aromatic rings. The second-order valence-corrected chi connectivity index (χ2v) is 7.54. The van der Waals surface area contributed by atoms with Crippen LogP contribution in [0.15, 0.2) is 0 Å². The van der Waals surface area contributed by atoms with Gasteiger partial charge in [-0.2, -0.15) is 0 Å². The van der Waals surface area contributed by atoms with E-state index in [-0.39, 0.29) is 0 Å². The van der Waals surface area contributed by atoms with Crippen molar-refractivity contribution in [2.45, 2.75) is 90.6 Å². The Morgan fingerprint density at radius 3 is 2.25 bits per heavy atom. The van der Waals surface area contributed by atoms with Gasteiger partial charge in [0, 0.05) is 12.1 Å². The van der Waals surface area contributed by atoms with Crippen LogP contribution in [0, 0.1) is 5.41 Å². The summed E-state index contributed by atoms with van der Waals surface area (Å²) in [7, 11) is 0. The van der Waals surface area contributed by atoms with E-state index in [9.17, 15) is 0 Å². The van der Waals surface area contributed by atoms with E-state index in [0.29, 0.717) is 6.04 Å². The van der Waals surface area contributed by atoms with Gasteiger partial charge >= 0.3 is 0 Å². The van der Waals surface area contributed by atoms with Crippen LogP contribution in [0.1, 0.15) is 78.6 Å². The molecule has 0 amide bonds. The van der Waals surface area contributed by atoms with Crippen molar-refractivity contribution >= 4 is 0 Å². The van der Waals surface area contributed by atoms with Crippen molar-refractivity contribution in [1.29, 1.82) is 0 Å². The Labute approximate surface area is 126 Å². The molecule has 118 valence electrons. The lowest BCUT2D eigenvalue weighted by Gasteiger charge is -2.46. The fourth-order valence-electron chi connectivity index (χ4n) is 4.38. The van der Waals surface area contributed by atoms with Crippen LogP contribution >= 0.6 is 0 Å². The Kier molecular flexibility index (Phi) is 6.35. The average molecular weight is 280 g/mol. The first-order valence-corrected chi connectivity index (χ1v) is 9.13. The monoisotopic (exact) mass is 280 g/mol. The van der Waals surface area contributed by atoms with Gasteiger partial charge in [-0.05, 0) is 77.4 Å². The molecule has 20 heavy (non-hydrogen) atoms. The van der Waals surface area contributed by atoms with E-state index in [1.165, 1.54) is 70.9 Å². The summed E-state index contributed by atoms with van der Waals surface area (Å²) in [6.45, 7) is 10.9. The zero-order chi connectivity index (χ0) is 14.4. The van der Waals surface area contributed by atoms with Crippen molar-refractivity contribution in [2.75, 3.05) is 19.6 Å². The first kappa shape index (κ1) is 16.3. The molecule has 2 fully saturated rings. The highest BCUT2D eigenvalue weighted by molar-refractivity contribution is 4.89. The number of likely N-dealkylation sites (tertiary alicyclic amines) is 1. The lowest BCUT2D eigenvalue weighted by Crippen LogP contribution is -2.46. The molecule has 1 saturated heterocycles. The van der Waals surface area contributed by atoms with Crippen LogP contribution in [0.25, 0.3) is 0 Å². The molecule has 1 saturated carbocycles. The van der Waals surface area contributed by atoms with Crippen LogP contribution in [0.4, 0.5) is 0 Å². The van der Waals surface area contributed by atoms with Crippen molar-refractivity contribution in [3.05, 3.63) is 0 Å². The molecular formula is C18H36N2. The summed E-state index contributed by atoms with van der Waals surface area (Å²) in [6.07, 6.45) is 13.0. The third-order valence-electron chi connectivity index (χ3n) is 5.83. The minimum Gasteiger partial charge on any atom is -0.314 e. The Morgan fingerprint density at radius 2 is 1.65 bits per heavy atom. The Balaban J connectivity index is 1.72. The number of hydrogen-bond acceptors (Lipinski definition) is 2. The molecule has 2 aliphatic rings. The quantitative estimate of drug-likeness (QED) is 0.784. The van der Waals surface area contributed by atoms with Crippen LogP contribution < -0.4 is 5.32 Å². The molecule has 1 N–H and O–H groups in total. The molecule has 2 rings (SSSR count). The summed E-state index contributed by atoms with van der Waals surface area (Å²) in [5.74, 6) is 0. The van der Waals surface area contributed by atoms with Crippen LogP contribution in [0.3, 0.4) is 0 Å². The van der Waals surface area contributed by atoms with Gasteiger partial charge in [0.25, 0.3) is 0 Å². The van der Waals surface area contributed by atoms with E-state index < -0.39 is 0 Å². The van der Waals surface area contributed by atoms with E-state index >= 15 is 0 Å². The largest absolute Gasteiger partial charge is 0.314 e. The van der Waals surface area contributed by atoms with Gasteiger partial charge in [0.2, 0.25) is 0 Å². The lowest BCUT2D eigenvalue weighted by atomic mass is 9.68. The van der Waals surface area contributed by atoms with Crippen LogP contribution in [-0.2, 0) is 0 Å². The number of nitrogens with one attached hydrogen (secondary N) is 1. The predicted octanol–water partition coefficient (Wildman–Crippen LogP) is 4.20. The molecule has 0 aromatic carbocycles. The van der Waals surface area contributed by atoms with Crippen LogP contribution in [0.5, 0.6) is 0 Å². The van der Waals surface area contributed by atoms with Gasteiger partial charge in [-0.25, -0.2) is 0 Å². The first-order valence-electron chi connectivity index (χ1n) is 9.13. The highest BCUT2D eigenvalue weighted by Crippen LogP contribution is 2.44. The molecule has 1 heterocycles. The maximum Gasteiger partial charge on any atom is 0.00816 e. The summed E-state index contributed by atoms with van der Waals surface area (Å²) in [5.41, 5.74) is 0.751. The van der Waals surface area contributed by atoms with Crippen molar-refractivity contribution in [1.82, 2.24) is 10.2 Å². The molecule has 0 bridgehead atoms. The molecule has 2 nitrogen and oxygen atoms in total. The molecule has 2 unspecified atom stereocenters. The fourth-order valence-corrected chi connectivity index (χ4v) is 4.38. The average Bonchev–Trinajstić information content (AvgIpc) is 2.46.